The quantitative estimate of drug-likeness (QED) is 0.215. The summed E-state index contributed by atoms with van der Waals surface area (Å²) in [5.41, 5.74) is 3.11. The number of nitrogens with zero attached hydrogens (tertiary/aromatic N) is 1. The number of nitrogens with one attached hydrogen (secondary N) is 3. The van der Waals surface area contributed by atoms with Crippen LogP contribution in [0.3, 0.4) is 0 Å². The van der Waals surface area contributed by atoms with Crippen molar-refractivity contribution in [2.75, 3.05) is 37.0 Å². The zero-order chi connectivity index (χ0) is 23.3. The molecule has 0 aromatic heterocycles. The molecule has 0 radical (unpaired) electrons. The van der Waals surface area contributed by atoms with Gasteiger partial charge in [-0.2, -0.15) is 11.8 Å². The van der Waals surface area contributed by atoms with Gasteiger partial charge in [0.25, 0.3) is 5.91 Å². The molecule has 8 nitrogen and oxygen atoms in total. The molecule has 0 saturated heterocycles. The number of hydroxylamine groups is 1. The van der Waals surface area contributed by atoms with Crippen LogP contribution in [0, 0.1) is 5.92 Å². The Labute approximate surface area is 194 Å². The van der Waals surface area contributed by atoms with Gasteiger partial charge in [-0.05, 0) is 55.2 Å². The van der Waals surface area contributed by atoms with Gasteiger partial charge < -0.3 is 15.5 Å². The number of amides is 3. The summed E-state index contributed by atoms with van der Waals surface area (Å²) in [5, 5.41) is 14.5. The van der Waals surface area contributed by atoms with Crippen LogP contribution in [0.25, 0.3) is 0 Å². The molecule has 9 heteroatoms. The van der Waals surface area contributed by atoms with Crippen LogP contribution >= 0.6 is 11.8 Å². The molecule has 32 heavy (non-hydrogen) atoms. The summed E-state index contributed by atoms with van der Waals surface area (Å²) in [5.74, 6) is 0.684. The lowest BCUT2D eigenvalue weighted by molar-refractivity contribution is -0.129. The summed E-state index contributed by atoms with van der Waals surface area (Å²) in [6.45, 7) is 0.643. The fourth-order valence-corrected chi connectivity index (χ4v) is 4.67. The standard InChI is InChI=1S/C23H36N4O4S/c1-27(2)19-12-10-18(11-13-19)22(29)25-20(16-32-14-6-9-21(28)26-31)23(30)24-15-17-7-4-3-5-8-17/h10-13,17,20,31H,3-9,14-16H2,1-2H3,(H,24,30)(H,25,29)(H,26,28)/t20-/m0/s1. The monoisotopic (exact) mass is 464 g/mol. The molecule has 0 bridgehead atoms. The Balaban J connectivity index is 1.92. The molecule has 2 rings (SSSR count). The number of benzene rings is 1. The fraction of sp³-hybridized carbons (Fsp3) is 0.609. The molecule has 1 aliphatic rings. The number of carbonyl (C=O) groups is 3. The van der Waals surface area contributed by atoms with Gasteiger partial charge in [0.1, 0.15) is 6.04 Å². The third-order valence-electron chi connectivity index (χ3n) is 5.66. The second-order valence-corrected chi connectivity index (χ2v) is 9.58. The van der Waals surface area contributed by atoms with Crippen molar-refractivity contribution in [3.63, 3.8) is 0 Å². The van der Waals surface area contributed by atoms with Gasteiger partial charge in [0, 0.05) is 44.1 Å². The van der Waals surface area contributed by atoms with Gasteiger partial charge >= 0.3 is 0 Å². The van der Waals surface area contributed by atoms with Crippen molar-refractivity contribution in [3.8, 4) is 0 Å². The lowest BCUT2D eigenvalue weighted by Gasteiger charge is -2.24. The molecule has 0 unspecified atom stereocenters. The van der Waals surface area contributed by atoms with Gasteiger partial charge in [-0.3, -0.25) is 19.6 Å². The predicted molar refractivity (Wildman–Crippen MR) is 128 cm³/mol. The van der Waals surface area contributed by atoms with Gasteiger partial charge in [0.05, 0.1) is 0 Å². The SMILES string of the molecule is CN(C)c1ccc(C(=O)N[C@@H](CSCCCC(=O)NO)C(=O)NCC2CCCCC2)cc1. The highest BCUT2D eigenvalue weighted by atomic mass is 32.2. The number of rotatable bonds is 12. The number of hydrogen-bond acceptors (Lipinski definition) is 6. The van der Waals surface area contributed by atoms with E-state index in [4.69, 9.17) is 5.21 Å². The van der Waals surface area contributed by atoms with Crippen LogP contribution in [0.1, 0.15) is 55.3 Å². The van der Waals surface area contributed by atoms with E-state index in [9.17, 15) is 14.4 Å². The molecule has 1 atom stereocenters. The van der Waals surface area contributed by atoms with E-state index in [-0.39, 0.29) is 18.2 Å². The number of carbonyl (C=O) groups excluding carboxylic acids is 3. The van der Waals surface area contributed by atoms with Crippen molar-refractivity contribution in [2.45, 2.75) is 51.0 Å². The van der Waals surface area contributed by atoms with E-state index < -0.39 is 11.9 Å². The first-order valence-corrected chi connectivity index (χ1v) is 12.4. The molecular weight excluding hydrogens is 428 g/mol. The summed E-state index contributed by atoms with van der Waals surface area (Å²) in [6.07, 6.45) is 6.75. The van der Waals surface area contributed by atoms with Crippen molar-refractivity contribution in [3.05, 3.63) is 29.8 Å². The highest BCUT2D eigenvalue weighted by molar-refractivity contribution is 7.99. The molecule has 1 fully saturated rings. The Bertz CT molecular complexity index is 736. The summed E-state index contributed by atoms with van der Waals surface area (Å²) in [6, 6.07) is 6.59. The van der Waals surface area contributed by atoms with Gasteiger partial charge in [-0.1, -0.05) is 19.3 Å². The first-order chi connectivity index (χ1) is 15.4. The number of thioether (sulfide) groups is 1. The maximum absolute atomic E-state index is 12.9. The van der Waals surface area contributed by atoms with E-state index >= 15 is 0 Å². The maximum atomic E-state index is 12.9. The molecule has 3 amide bonds. The Kier molecular flexibility index (Phi) is 11.4. The molecule has 1 aromatic rings. The second-order valence-electron chi connectivity index (χ2n) is 8.43. The minimum atomic E-state index is -0.656. The van der Waals surface area contributed by atoms with E-state index in [1.807, 2.05) is 31.1 Å². The third-order valence-corrected chi connectivity index (χ3v) is 6.81. The third kappa shape index (κ3) is 9.08. The molecule has 0 aliphatic heterocycles. The Hall–Kier alpha value is -2.26. The zero-order valence-electron chi connectivity index (χ0n) is 19.1. The minimum absolute atomic E-state index is 0.172. The number of hydrogen-bond donors (Lipinski definition) is 4. The molecule has 1 saturated carbocycles. The lowest BCUT2D eigenvalue weighted by Crippen LogP contribution is -2.49. The average Bonchev–Trinajstić information content (AvgIpc) is 2.81. The van der Waals surface area contributed by atoms with Crippen LogP contribution in [-0.2, 0) is 9.59 Å². The Morgan fingerprint density at radius 1 is 1.12 bits per heavy atom. The van der Waals surface area contributed by atoms with Crippen LogP contribution < -0.4 is 21.0 Å². The first-order valence-electron chi connectivity index (χ1n) is 11.3. The van der Waals surface area contributed by atoms with Gasteiger partial charge in [-0.25, -0.2) is 5.48 Å². The maximum Gasteiger partial charge on any atom is 0.251 e. The molecular formula is C23H36N4O4S. The van der Waals surface area contributed by atoms with E-state index in [0.29, 0.717) is 36.0 Å². The van der Waals surface area contributed by atoms with Crippen molar-refractivity contribution >= 4 is 35.2 Å². The summed E-state index contributed by atoms with van der Waals surface area (Å²) in [7, 11) is 3.87. The van der Waals surface area contributed by atoms with Crippen LogP contribution in [0.15, 0.2) is 24.3 Å². The van der Waals surface area contributed by atoms with Crippen molar-refractivity contribution < 1.29 is 19.6 Å². The summed E-state index contributed by atoms with van der Waals surface area (Å²) in [4.78, 5) is 38.7. The van der Waals surface area contributed by atoms with E-state index in [0.717, 1.165) is 18.5 Å². The first kappa shape index (κ1) is 26.0. The van der Waals surface area contributed by atoms with Crippen LogP contribution in [0.5, 0.6) is 0 Å². The summed E-state index contributed by atoms with van der Waals surface area (Å²) >= 11 is 1.50. The smallest absolute Gasteiger partial charge is 0.251 e. The molecule has 0 heterocycles. The number of anilines is 1. The average molecular weight is 465 g/mol. The Morgan fingerprint density at radius 2 is 1.81 bits per heavy atom. The van der Waals surface area contributed by atoms with Gasteiger partial charge in [0.15, 0.2) is 0 Å². The molecule has 4 N–H and O–H groups in total. The summed E-state index contributed by atoms with van der Waals surface area (Å²) < 4.78 is 0. The van der Waals surface area contributed by atoms with E-state index in [1.54, 1.807) is 17.6 Å². The van der Waals surface area contributed by atoms with Crippen molar-refractivity contribution in [1.82, 2.24) is 16.1 Å². The zero-order valence-corrected chi connectivity index (χ0v) is 19.9. The van der Waals surface area contributed by atoms with Crippen molar-refractivity contribution in [2.24, 2.45) is 5.92 Å². The fourth-order valence-electron chi connectivity index (χ4n) is 3.69. The lowest BCUT2D eigenvalue weighted by atomic mass is 9.89. The largest absolute Gasteiger partial charge is 0.378 e. The normalized spacial score (nSPS) is 15.0. The van der Waals surface area contributed by atoms with Crippen LogP contribution in [0.2, 0.25) is 0 Å². The van der Waals surface area contributed by atoms with Crippen molar-refractivity contribution in [1.29, 1.82) is 0 Å². The van der Waals surface area contributed by atoms with Crippen LogP contribution in [-0.4, -0.2) is 61.1 Å². The second kappa shape index (κ2) is 14.0. The predicted octanol–water partition coefficient (Wildman–Crippen LogP) is 2.57. The van der Waals surface area contributed by atoms with Crippen LogP contribution in [0.4, 0.5) is 5.69 Å². The van der Waals surface area contributed by atoms with Gasteiger partial charge in [-0.15, -0.1) is 0 Å². The Morgan fingerprint density at radius 3 is 2.44 bits per heavy atom. The highest BCUT2D eigenvalue weighted by Gasteiger charge is 2.23. The minimum Gasteiger partial charge on any atom is -0.378 e. The van der Waals surface area contributed by atoms with Gasteiger partial charge in [0.2, 0.25) is 11.8 Å². The van der Waals surface area contributed by atoms with E-state index in [1.165, 1.54) is 31.0 Å². The van der Waals surface area contributed by atoms with E-state index in [2.05, 4.69) is 10.6 Å². The molecule has 178 valence electrons. The molecule has 1 aromatic carbocycles. The topological polar surface area (TPSA) is 111 Å². The molecule has 0 spiro atoms. The highest BCUT2D eigenvalue weighted by Crippen LogP contribution is 2.22. The molecule has 1 aliphatic carbocycles.